The molecule has 1 aliphatic heterocycles. The standard InChI is InChI=1S/C11H14BFO4/c1-14-8-15-6-9-4-2-3-5-10(9)12-16-7-11(13)17-12/h2-5,11H,6-8H2,1H3. The van der Waals surface area contributed by atoms with Crippen LogP contribution < -0.4 is 5.46 Å². The highest BCUT2D eigenvalue weighted by Gasteiger charge is 2.34. The molecule has 1 atom stereocenters. The van der Waals surface area contributed by atoms with Gasteiger partial charge in [-0.25, -0.2) is 4.39 Å². The highest BCUT2D eigenvalue weighted by molar-refractivity contribution is 6.62. The monoisotopic (exact) mass is 240 g/mol. The van der Waals surface area contributed by atoms with Crippen molar-refractivity contribution in [1.29, 1.82) is 0 Å². The van der Waals surface area contributed by atoms with Gasteiger partial charge in [0.15, 0.2) is 0 Å². The second-order valence-electron chi connectivity index (χ2n) is 3.67. The van der Waals surface area contributed by atoms with Crippen molar-refractivity contribution in [1.82, 2.24) is 0 Å². The van der Waals surface area contributed by atoms with E-state index in [-0.39, 0.29) is 13.4 Å². The highest BCUT2D eigenvalue weighted by Crippen LogP contribution is 2.11. The lowest BCUT2D eigenvalue weighted by Gasteiger charge is -2.11. The van der Waals surface area contributed by atoms with E-state index >= 15 is 0 Å². The van der Waals surface area contributed by atoms with Gasteiger partial charge < -0.3 is 18.8 Å². The largest absolute Gasteiger partial charge is 0.496 e. The summed E-state index contributed by atoms with van der Waals surface area (Å²) in [6, 6.07) is 7.47. The van der Waals surface area contributed by atoms with Crippen LogP contribution in [0.1, 0.15) is 5.56 Å². The highest BCUT2D eigenvalue weighted by atomic mass is 19.1. The summed E-state index contributed by atoms with van der Waals surface area (Å²) in [6.45, 7) is 0.564. The topological polar surface area (TPSA) is 36.9 Å². The molecule has 0 spiro atoms. The van der Waals surface area contributed by atoms with Gasteiger partial charge in [0.25, 0.3) is 0 Å². The van der Waals surface area contributed by atoms with Gasteiger partial charge in [-0.05, 0) is 11.0 Å². The maximum Gasteiger partial charge on any atom is 0.496 e. The van der Waals surface area contributed by atoms with Gasteiger partial charge in [-0.3, -0.25) is 0 Å². The molecule has 0 aliphatic carbocycles. The lowest BCUT2D eigenvalue weighted by atomic mass is 9.76. The molecule has 0 saturated carbocycles. The Kier molecular flexibility index (Phi) is 4.50. The van der Waals surface area contributed by atoms with Crippen molar-refractivity contribution in [2.24, 2.45) is 0 Å². The predicted molar refractivity (Wildman–Crippen MR) is 60.4 cm³/mol. The average molecular weight is 240 g/mol. The molecule has 0 N–H and O–H groups in total. The molecule has 92 valence electrons. The van der Waals surface area contributed by atoms with E-state index in [1.54, 1.807) is 7.11 Å². The lowest BCUT2D eigenvalue weighted by molar-refractivity contribution is -0.0388. The van der Waals surface area contributed by atoms with E-state index in [4.69, 9.17) is 18.8 Å². The van der Waals surface area contributed by atoms with Crippen molar-refractivity contribution in [2.45, 2.75) is 13.0 Å². The first-order valence-corrected chi connectivity index (χ1v) is 5.37. The summed E-state index contributed by atoms with van der Waals surface area (Å²) in [6.07, 6.45) is -1.35. The molecule has 0 aromatic heterocycles. The molecule has 0 amide bonds. The molecular formula is C11H14BFO4. The van der Waals surface area contributed by atoms with Gasteiger partial charge in [0.2, 0.25) is 6.36 Å². The van der Waals surface area contributed by atoms with Crippen LogP contribution in [-0.2, 0) is 25.4 Å². The molecule has 0 bridgehead atoms. The Balaban J connectivity index is 2.05. The lowest BCUT2D eigenvalue weighted by Crippen LogP contribution is -2.35. The van der Waals surface area contributed by atoms with Crippen LogP contribution in [-0.4, -0.2) is 34.0 Å². The van der Waals surface area contributed by atoms with Gasteiger partial charge in [-0.15, -0.1) is 0 Å². The molecule has 1 aliphatic rings. The Hall–Kier alpha value is -0.945. The summed E-state index contributed by atoms with van der Waals surface area (Å²) < 4.78 is 33.2. The van der Waals surface area contributed by atoms with Gasteiger partial charge in [0.1, 0.15) is 6.79 Å². The zero-order chi connectivity index (χ0) is 12.1. The molecule has 1 fully saturated rings. The molecule has 1 heterocycles. The molecule has 1 unspecified atom stereocenters. The third-order valence-electron chi connectivity index (χ3n) is 2.42. The summed E-state index contributed by atoms with van der Waals surface area (Å²) in [5.41, 5.74) is 1.70. The Morgan fingerprint density at radius 3 is 3.00 bits per heavy atom. The van der Waals surface area contributed by atoms with Crippen LogP contribution in [0.15, 0.2) is 24.3 Å². The fraction of sp³-hybridized carbons (Fsp3) is 0.455. The summed E-state index contributed by atoms with van der Waals surface area (Å²) >= 11 is 0. The number of methoxy groups -OCH3 is 1. The summed E-state index contributed by atoms with van der Waals surface area (Å²) in [4.78, 5) is 0. The van der Waals surface area contributed by atoms with Crippen molar-refractivity contribution in [3.63, 3.8) is 0 Å². The molecule has 4 nitrogen and oxygen atoms in total. The van der Waals surface area contributed by atoms with Gasteiger partial charge in [-0.1, -0.05) is 24.3 Å². The third-order valence-corrected chi connectivity index (χ3v) is 2.42. The molecule has 0 radical (unpaired) electrons. The van der Waals surface area contributed by atoms with Crippen LogP contribution in [0.4, 0.5) is 4.39 Å². The summed E-state index contributed by atoms with van der Waals surface area (Å²) in [5, 5.41) is 0. The van der Waals surface area contributed by atoms with Gasteiger partial charge in [0, 0.05) is 7.11 Å². The molecule has 1 saturated heterocycles. The van der Waals surface area contributed by atoms with E-state index in [0.29, 0.717) is 6.61 Å². The molecular weight excluding hydrogens is 226 g/mol. The van der Waals surface area contributed by atoms with E-state index in [9.17, 15) is 4.39 Å². The normalized spacial score (nSPS) is 19.9. The number of halogens is 1. The van der Waals surface area contributed by atoms with Gasteiger partial charge >= 0.3 is 7.12 Å². The third kappa shape index (κ3) is 3.26. The predicted octanol–water partition coefficient (Wildman–Crippen LogP) is 0.845. The zero-order valence-corrected chi connectivity index (χ0v) is 9.60. The summed E-state index contributed by atoms with van der Waals surface area (Å²) in [5.74, 6) is 0. The first-order valence-electron chi connectivity index (χ1n) is 5.37. The van der Waals surface area contributed by atoms with Crippen molar-refractivity contribution in [2.75, 3.05) is 20.5 Å². The Morgan fingerprint density at radius 1 is 1.47 bits per heavy atom. The Morgan fingerprint density at radius 2 is 2.29 bits per heavy atom. The Labute approximate surface area is 99.8 Å². The minimum atomic E-state index is -1.35. The van der Waals surface area contributed by atoms with E-state index in [2.05, 4.69) is 0 Å². The minimum absolute atomic E-state index is 0.0298. The number of hydrogen-bond donors (Lipinski definition) is 0. The van der Waals surface area contributed by atoms with Crippen molar-refractivity contribution in [3.05, 3.63) is 29.8 Å². The fourth-order valence-corrected chi connectivity index (χ4v) is 1.67. The molecule has 1 aromatic rings. The molecule has 6 heteroatoms. The number of rotatable bonds is 5. The molecule has 2 rings (SSSR count). The van der Waals surface area contributed by atoms with Crippen LogP contribution in [0.25, 0.3) is 0 Å². The first-order chi connectivity index (χ1) is 8.31. The Bertz CT molecular complexity index is 363. The van der Waals surface area contributed by atoms with Gasteiger partial charge in [0.05, 0.1) is 13.2 Å². The van der Waals surface area contributed by atoms with E-state index < -0.39 is 13.5 Å². The number of hydrogen-bond acceptors (Lipinski definition) is 4. The molecule has 1 aromatic carbocycles. The van der Waals surface area contributed by atoms with Crippen molar-refractivity contribution < 1.29 is 23.2 Å². The smallest absolute Gasteiger partial charge is 0.402 e. The van der Waals surface area contributed by atoms with Crippen molar-refractivity contribution in [3.8, 4) is 0 Å². The minimum Gasteiger partial charge on any atom is -0.402 e. The van der Waals surface area contributed by atoms with Crippen LogP contribution in [0.3, 0.4) is 0 Å². The number of alkyl halides is 1. The fourth-order valence-electron chi connectivity index (χ4n) is 1.67. The SMILES string of the molecule is COCOCc1ccccc1B1OCC(F)O1. The van der Waals surface area contributed by atoms with E-state index in [1.165, 1.54) is 0 Å². The first kappa shape index (κ1) is 12.5. The average Bonchev–Trinajstić information content (AvgIpc) is 2.77. The summed E-state index contributed by atoms with van der Waals surface area (Å²) in [7, 11) is 0.912. The molecule has 17 heavy (non-hydrogen) atoms. The van der Waals surface area contributed by atoms with Gasteiger partial charge in [-0.2, -0.15) is 0 Å². The number of benzene rings is 1. The maximum absolute atomic E-state index is 12.9. The van der Waals surface area contributed by atoms with Crippen LogP contribution in [0.2, 0.25) is 0 Å². The van der Waals surface area contributed by atoms with Crippen molar-refractivity contribution >= 4 is 12.6 Å². The van der Waals surface area contributed by atoms with Crippen LogP contribution >= 0.6 is 0 Å². The number of ether oxygens (including phenoxy) is 2. The van der Waals surface area contributed by atoms with E-state index in [1.807, 2.05) is 24.3 Å². The second kappa shape index (κ2) is 6.11. The second-order valence-corrected chi connectivity index (χ2v) is 3.67. The quantitative estimate of drug-likeness (QED) is 0.434. The van der Waals surface area contributed by atoms with Crippen LogP contribution in [0.5, 0.6) is 0 Å². The van der Waals surface area contributed by atoms with E-state index in [0.717, 1.165) is 11.0 Å². The zero-order valence-electron chi connectivity index (χ0n) is 9.60. The van der Waals surface area contributed by atoms with Crippen LogP contribution in [0, 0.1) is 0 Å². The maximum atomic E-state index is 12.9.